The van der Waals surface area contributed by atoms with Gasteiger partial charge in [-0.2, -0.15) is 0 Å². The molecule has 0 aliphatic heterocycles. The Bertz CT molecular complexity index is 353. The van der Waals surface area contributed by atoms with Gasteiger partial charge in [-0.15, -0.1) is 11.3 Å². The van der Waals surface area contributed by atoms with Crippen LogP contribution >= 0.6 is 11.3 Å². The minimum absolute atomic E-state index is 0.151. The number of aryl methyl sites for hydroxylation is 2. The minimum Gasteiger partial charge on any atom is -0.319 e. The van der Waals surface area contributed by atoms with Crippen molar-refractivity contribution in [2.75, 3.05) is 0 Å². The molecule has 0 bridgehead atoms. The van der Waals surface area contributed by atoms with Gasteiger partial charge < -0.3 is 5.73 Å². The van der Waals surface area contributed by atoms with Crippen molar-refractivity contribution in [2.24, 2.45) is 11.7 Å². The van der Waals surface area contributed by atoms with E-state index in [2.05, 4.69) is 6.92 Å². The van der Waals surface area contributed by atoms with Crippen molar-refractivity contribution in [2.45, 2.75) is 51.0 Å². The van der Waals surface area contributed by atoms with Gasteiger partial charge in [0.25, 0.3) is 0 Å². The van der Waals surface area contributed by atoms with E-state index < -0.39 is 0 Å². The molecule has 0 amide bonds. The first-order chi connectivity index (χ1) is 7.18. The Balaban J connectivity index is 1.94. The molecule has 2 nitrogen and oxygen atoms in total. The molecule has 1 saturated carbocycles. The summed E-state index contributed by atoms with van der Waals surface area (Å²) in [7, 11) is 0. The fraction of sp³-hybridized carbons (Fsp3) is 0.750. The average molecular weight is 222 g/mol. The zero-order valence-electron chi connectivity index (χ0n) is 9.25. The van der Waals surface area contributed by atoms with Crippen LogP contribution in [0.15, 0.2) is 0 Å². The summed E-state index contributed by atoms with van der Waals surface area (Å²) < 4.78 is 0. The summed E-state index contributed by atoms with van der Waals surface area (Å²) in [5.74, 6) is 0.685. The molecular weight excluding hydrogens is 204 g/mol. The highest BCUT2D eigenvalue weighted by Crippen LogP contribution is 2.45. The number of hydrogen-bond acceptors (Lipinski definition) is 3. The van der Waals surface area contributed by atoms with E-state index in [1.807, 2.05) is 11.3 Å². The quantitative estimate of drug-likeness (QED) is 0.835. The maximum atomic E-state index is 6.40. The predicted octanol–water partition coefficient (Wildman–Crippen LogP) is 2.61. The first kappa shape index (κ1) is 9.79. The van der Waals surface area contributed by atoms with Crippen molar-refractivity contribution >= 4 is 11.3 Å². The van der Waals surface area contributed by atoms with Gasteiger partial charge in [-0.1, -0.05) is 0 Å². The van der Waals surface area contributed by atoms with Gasteiger partial charge in [-0.3, -0.25) is 0 Å². The summed E-state index contributed by atoms with van der Waals surface area (Å²) >= 11 is 1.87. The largest absolute Gasteiger partial charge is 0.319 e. The summed E-state index contributed by atoms with van der Waals surface area (Å²) in [6.45, 7) is 2.16. The average Bonchev–Trinajstić information content (AvgIpc) is 2.97. The molecule has 15 heavy (non-hydrogen) atoms. The Morgan fingerprint density at radius 2 is 2.07 bits per heavy atom. The molecule has 3 heteroatoms. The van der Waals surface area contributed by atoms with E-state index in [0.29, 0.717) is 5.92 Å². The molecule has 0 radical (unpaired) electrons. The van der Waals surface area contributed by atoms with Crippen LogP contribution in [0.25, 0.3) is 0 Å². The molecule has 1 atom stereocenters. The lowest BCUT2D eigenvalue weighted by Gasteiger charge is -2.21. The smallest absolute Gasteiger partial charge is 0.113 e. The molecule has 1 unspecified atom stereocenters. The minimum atomic E-state index is -0.151. The van der Waals surface area contributed by atoms with E-state index in [1.54, 1.807) is 0 Å². The van der Waals surface area contributed by atoms with Crippen LogP contribution in [-0.2, 0) is 18.4 Å². The van der Waals surface area contributed by atoms with E-state index in [1.165, 1.54) is 54.1 Å². The van der Waals surface area contributed by atoms with Crippen LogP contribution in [0.3, 0.4) is 0 Å². The summed E-state index contributed by atoms with van der Waals surface area (Å²) in [4.78, 5) is 6.29. The van der Waals surface area contributed by atoms with E-state index in [9.17, 15) is 0 Å². The van der Waals surface area contributed by atoms with Crippen LogP contribution in [0.4, 0.5) is 0 Å². The molecule has 1 aromatic rings. The Kier molecular flexibility index (Phi) is 2.15. The van der Waals surface area contributed by atoms with Crippen molar-refractivity contribution in [3.8, 4) is 0 Å². The number of rotatable bonds is 2. The van der Waals surface area contributed by atoms with Crippen LogP contribution in [0.1, 0.15) is 48.2 Å². The lowest BCUT2D eigenvalue weighted by molar-refractivity contribution is 0.424. The lowest BCUT2D eigenvalue weighted by Crippen LogP contribution is -2.35. The standard InChI is InChI=1S/C12H18N2S/c1-12(13,8-6-7-8)11-14-9-4-2-3-5-10(9)15-11/h8H,2-7,13H2,1H3. The highest BCUT2D eigenvalue weighted by atomic mass is 32.1. The Hall–Kier alpha value is -0.410. The molecule has 1 heterocycles. The van der Waals surface area contributed by atoms with Gasteiger partial charge >= 0.3 is 0 Å². The van der Waals surface area contributed by atoms with Crippen molar-refractivity contribution in [1.29, 1.82) is 0 Å². The van der Waals surface area contributed by atoms with E-state index in [0.717, 1.165) is 0 Å². The fourth-order valence-electron chi connectivity index (χ4n) is 2.44. The van der Waals surface area contributed by atoms with Crippen LogP contribution in [0.2, 0.25) is 0 Å². The maximum Gasteiger partial charge on any atom is 0.113 e. The number of nitrogens with zero attached hydrogens (tertiary/aromatic N) is 1. The van der Waals surface area contributed by atoms with Crippen LogP contribution in [0.5, 0.6) is 0 Å². The molecule has 0 saturated heterocycles. The second kappa shape index (κ2) is 3.29. The second-order valence-corrected chi connectivity index (χ2v) is 6.24. The highest BCUT2D eigenvalue weighted by Gasteiger charge is 2.42. The monoisotopic (exact) mass is 222 g/mol. The third-order valence-corrected chi connectivity index (χ3v) is 5.14. The van der Waals surface area contributed by atoms with Crippen LogP contribution in [-0.4, -0.2) is 4.98 Å². The van der Waals surface area contributed by atoms with Crippen LogP contribution < -0.4 is 5.73 Å². The van der Waals surface area contributed by atoms with E-state index in [4.69, 9.17) is 10.7 Å². The van der Waals surface area contributed by atoms with Gasteiger partial charge in [-0.25, -0.2) is 4.98 Å². The Morgan fingerprint density at radius 1 is 1.33 bits per heavy atom. The van der Waals surface area contributed by atoms with Gasteiger partial charge in [0.05, 0.1) is 11.2 Å². The SMILES string of the molecule is CC(N)(c1nc2c(s1)CCCC2)C1CC1. The van der Waals surface area contributed by atoms with E-state index in [-0.39, 0.29) is 5.54 Å². The number of hydrogen-bond donors (Lipinski definition) is 1. The second-order valence-electron chi connectivity index (χ2n) is 5.15. The fourth-order valence-corrected chi connectivity index (χ4v) is 3.73. The van der Waals surface area contributed by atoms with Gasteiger partial charge in [0.15, 0.2) is 0 Å². The zero-order chi connectivity index (χ0) is 10.5. The molecule has 1 fully saturated rings. The maximum absolute atomic E-state index is 6.40. The van der Waals surface area contributed by atoms with Gasteiger partial charge in [0.1, 0.15) is 5.01 Å². The normalized spacial score (nSPS) is 24.7. The summed E-state index contributed by atoms with van der Waals surface area (Å²) in [5, 5.41) is 1.19. The first-order valence-electron chi connectivity index (χ1n) is 5.96. The van der Waals surface area contributed by atoms with Gasteiger partial charge in [0, 0.05) is 4.88 Å². The number of aromatic nitrogens is 1. The molecule has 2 aliphatic carbocycles. The molecule has 82 valence electrons. The Labute approximate surface area is 94.9 Å². The summed E-state index contributed by atoms with van der Waals surface area (Å²) in [6.07, 6.45) is 7.62. The number of thiazole rings is 1. The van der Waals surface area contributed by atoms with Gasteiger partial charge in [-0.05, 0) is 51.4 Å². The molecule has 2 N–H and O–H groups in total. The van der Waals surface area contributed by atoms with Crippen molar-refractivity contribution in [3.05, 3.63) is 15.6 Å². The number of fused-ring (bicyclic) bond motifs is 1. The molecule has 1 aromatic heterocycles. The lowest BCUT2D eigenvalue weighted by atomic mass is 9.98. The van der Waals surface area contributed by atoms with Crippen molar-refractivity contribution in [3.63, 3.8) is 0 Å². The van der Waals surface area contributed by atoms with Crippen molar-refractivity contribution in [1.82, 2.24) is 4.98 Å². The summed E-state index contributed by atoms with van der Waals surface area (Å²) in [5.41, 5.74) is 7.60. The molecular formula is C12H18N2S. The molecule has 0 spiro atoms. The Morgan fingerprint density at radius 3 is 2.73 bits per heavy atom. The number of nitrogens with two attached hydrogens (primary N) is 1. The van der Waals surface area contributed by atoms with E-state index >= 15 is 0 Å². The molecule has 2 aliphatic rings. The predicted molar refractivity (Wildman–Crippen MR) is 63.0 cm³/mol. The summed E-state index contributed by atoms with van der Waals surface area (Å²) in [6, 6.07) is 0. The molecule has 3 rings (SSSR count). The third-order valence-electron chi connectivity index (χ3n) is 3.73. The van der Waals surface area contributed by atoms with Crippen molar-refractivity contribution < 1.29 is 0 Å². The zero-order valence-corrected chi connectivity index (χ0v) is 10.1. The van der Waals surface area contributed by atoms with Gasteiger partial charge in [0.2, 0.25) is 0 Å². The topological polar surface area (TPSA) is 38.9 Å². The third kappa shape index (κ3) is 1.62. The molecule has 0 aromatic carbocycles. The highest BCUT2D eigenvalue weighted by molar-refractivity contribution is 7.11. The first-order valence-corrected chi connectivity index (χ1v) is 6.77. The van der Waals surface area contributed by atoms with Crippen LogP contribution in [0, 0.1) is 5.92 Å².